The van der Waals surface area contributed by atoms with Crippen LogP contribution in [0, 0.1) is 5.92 Å². The van der Waals surface area contributed by atoms with E-state index >= 15 is 0 Å². The van der Waals surface area contributed by atoms with Crippen LogP contribution in [0.5, 0.6) is 0 Å². The first-order valence-electron chi connectivity index (χ1n) is 6.17. The van der Waals surface area contributed by atoms with Gasteiger partial charge in [0, 0.05) is 7.11 Å². The maximum absolute atomic E-state index is 5.78. The smallest absolute Gasteiger partial charge is 0.189 e. The van der Waals surface area contributed by atoms with Gasteiger partial charge in [-0.3, -0.25) is 0 Å². The van der Waals surface area contributed by atoms with E-state index in [0.29, 0.717) is 0 Å². The summed E-state index contributed by atoms with van der Waals surface area (Å²) in [5.74, 6) is 0.968. The molecule has 2 heteroatoms. The summed E-state index contributed by atoms with van der Waals surface area (Å²) in [6.45, 7) is 7.11. The molecule has 0 spiro atoms. The zero-order chi connectivity index (χ0) is 10.6. The van der Waals surface area contributed by atoms with Crippen LogP contribution in [0.4, 0.5) is 0 Å². The van der Waals surface area contributed by atoms with Crippen molar-refractivity contribution in [3.8, 4) is 0 Å². The maximum atomic E-state index is 5.78. The quantitative estimate of drug-likeness (QED) is 0.637. The molecule has 84 valence electrons. The zero-order valence-electron chi connectivity index (χ0n) is 10.3. The molecule has 0 N–H and O–H groups in total. The van der Waals surface area contributed by atoms with Gasteiger partial charge >= 0.3 is 0 Å². The van der Waals surface area contributed by atoms with E-state index in [-0.39, 0.29) is 0 Å². The van der Waals surface area contributed by atoms with Crippen LogP contribution in [0.2, 0.25) is 18.6 Å². The fraction of sp³-hybridized carbons (Fsp3) is 1.00. The summed E-state index contributed by atoms with van der Waals surface area (Å²) in [5.41, 5.74) is 0.882. The van der Waals surface area contributed by atoms with E-state index in [9.17, 15) is 0 Å². The van der Waals surface area contributed by atoms with Crippen molar-refractivity contribution >= 4 is 8.32 Å². The highest BCUT2D eigenvalue weighted by atomic mass is 28.4. The Balaban J connectivity index is 2.59. The second-order valence-corrected chi connectivity index (χ2v) is 9.58. The van der Waals surface area contributed by atoms with Crippen LogP contribution in [0.3, 0.4) is 0 Å². The molecule has 0 radical (unpaired) electrons. The SMILES string of the molecule is CCC(C1CCCCC1)[Si](C)(C)OC. The van der Waals surface area contributed by atoms with E-state index in [0.717, 1.165) is 11.5 Å². The molecule has 1 rings (SSSR count). The molecule has 1 saturated carbocycles. The predicted octanol–water partition coefficient (Wildman–Crippen LogP) is 4.20. The highest BCUT2D eigenvalue weighted by Gasteiger charge is 2.37. The minimum Gasteiger partial charge on any atom is -0.420 e. The summed E-state index contributed by atoms with van der Waals surface area (Å²) in [6, 6.07) is 0. The van der Waals surface area contributed by atoms with Crippen LogP contribution in [-0.4, -0.2) is 15.4 Å². The van der Waals surface area contributed by atoms with Gasteiger partial charge in [-0.15, -0.1) is 0 Å². The number of rotatable bonds is 4. The van der Waals surface area contributed by atoms with Crippen molar-refractivity contribution in [3.05, 3.63) is 0 Å². The van der Waals surface area contributed by atoms with Gasteiger partial charge in [0.05, 0.1) is 0 Å². The van der Waals surface area contributed by atoms with Gasteiger partial charge in [0.2, 0.25) is 0 Å². The van der Waals surface area contributed by atoms with E-state index in [1.807, 2.05) is 7.11 Å². The topological polar surface area (TPSA) is 9.23 Å². The average molecular weight is 214 g/mol. The summed E-state index contributed by atoms with van der Waals surface area (Å²) in [7, 11) is 0.520. The Morgan fingerprint density at radius 1 is 1.21 bits per heavy atom. The second kappa shape index (κ2) is 5.31. The molecule has 0 aromatic carbocycles. The maximum Gasteiger partial charge on any atom is 0.189 e. The van der Waals surface area contributed by atoms with Crippen molar-refractivity contribution in [1.82, 2.24) is 0 Å². The molecular formula is C12H26OSi. The Labute approximate surface area is 90.4 Å². The minimum absolute atomic E-state index is 0.882. The first kappa shape index (κ1) is 12.2. The Bertz CT molecular complexity index is 162. The van der Waals surface area contributed by atoms with Crippen LogP contribution in [-0.2, 0) is 4.43 Å². The molecule has 1 aliphatic carbocycles. The van der Waals surface area contributed by atoms with Gasteiger partial charge in [-0.2, -0.15) is 0 Å². The van der Waals surface area contributed by atoms with E-state index in [2.05, 4.69) is 20.0 Å². The lowest BCUT2D eigenvalue weighted by Crippen LogP contribution is -2.39. The molecule has 14 heavy (non-hydrogen) atoms. The average Bonchev–Trinajstić information content (AvgIpc) is 2.20. The number of hydrogen-bond donors (Lipinski definition) is 0. The third kappa shape index (κ3) is 2.83. The minimum atomic E-state index is -1.39. The standard InChI is InChI=1S/C12H26OSi/c1-5-12(14(3,4)13-2)11-9-7-6-8-10-11/h11-12H,5-10H2,1-4H3. The molecule has 0 aromatic heterocycles. The van der Waals surface area contributed by atoms with Gasteiger partial charge in [-0.1, -0.05) is 45.4 Å². The third-order valence-electron chi connectivity index (χ3n) is 4.08. The van der Waals surface area contributed by atoms with E-state index in [4.69, 9.17) is 4.43 Å². The van der Waals surface area contributed by atoms with Gasteiger partial charge in [-0.25, -0.2) is 0 Å². The Morgan fingerprint density at radius 2 is 1.79 bits per heavy atom. The molecule has 0 amide bonds. The zero-order valence-corrected chi connectivity index (χ0v) is 11.3. The lowest BCUT2D eigenvalue weighted by atomic mass is 9.86. The lowest BCUT2D eigenvalue weighted by molar-refractivity contribution is 0.296. The van der Waals surface area contributed by atoms with Crippen molar-refractivity contribution in [2.75, 3.05) is 7.11 Å². The summed E-state index contributed by atoms with van der Waals surface area (Å²) in [6.07, 6.45) is 8.60. The van der Waals surface area contributed by atoms with Crippen LogP contribution < -0.4 is 0 Å². The number of hydrogen-bond acceptors (Lipinski definition) is 1. The first-order chi connectivity index (χ1) is 6.61. The van der Waals surface area contributed by atoms with E-state index in [1.54, 1.807) is 0 Å². The summed E-state index contributed by atoms with van der Waals surface area (Å²) in [5, 5.41) is 0. The van der Waals surface area contributed by atoms with Crippen LogP contribution in [0.15, 0.2) is 0 Å². The van der Waals surface area contributed by atoms with Gasteiger partial charge in [-0.05, 0) is 24.6 Å². The normalized spacial score (nSPS) is 22.3. The monoisotopic (exact) mass is 214 g/mol. The second-order valence-electron chi connectivity index (χ2n) is 5.22. The molecule has 0 bridgehead atoms. The molecule has 1 nitrogen and oxygen atoms in total. The van der Waals surface area contributed by atoms with Crippen molar-refractivity contribution in [2.24, 2.45) is 5.92 Å². The van der Waals surface area contributed by atoms with E-state index in [1.165, 1.54) is 38.5 Å². The molecule has 0 aliphatic heterocycles. The van der Waals surface area contributed by atoms with Gasteiger partial charge in [0.15, 0.2) is 8.32 Å². The summed E-state index contributed by atoms with van der Waals surface area (Å²) in [4.78, 5) is 0. The lowest BCUT2D eigenvalue weighted by Gasteiger charge is -2.38. The van der Waals surface area contributed by atoms with Crippen molar-refractivity contribution in [1.29, 1.82) is 0 Å². The molecule has 0 heterocycles. The molecule has 1 unspecified atom stereocenters. The van der Waals surface area contributed by atoms with Crippen LogP contribution >= 0.6 is 0 Å². The molecule has 0 aromatic rings. The molecule has 1 atom stereocenters. The van der Waals surface area contributed by atoms with Crippen molar-refractivity contribution in [2.45, 2.75) is 64.1 Å². The summed E-state index contributed by atoms with van der Waals surface area (Å²) < 4.78 is 5.78. The van der Waals surface area contributed by atoms with Gasteiger partial charge < -0.3 is 4.43 Å². The van der Waals surface area contributed by atoms with Crippen molar-refractivity contribution < 1.29 is 4.43 Å². The Morgan fingerprint density at radius 3 is 2.21 bits per heavy atom. The fourth-order valence-corrected chi connectivity index (χ4v) is 5.83. The highest BCUT2D eigenvalue weighted by Crippen LogP contribution is 2.41. The highest BCUT2D eigenvalue weighted by molar-refractivity contribution is 6.72. The summed E-state index contributed by atoms with van der Waals surface area (Å²) >= 11 is 0. The largest absolute Gasteiger partial charge is 0.420 e. The predicted molar refractivity (Wildman–Crippen MR) is 65.1 cm³/mol. The fourth-order valence-electron chi connectivity index (χ4n) is 3.08. The Hall–Kier alpha value is 0.177. The molecule has 0 saturated heterocycles. The van der Waals surface area contributed by atoms with E-state index < -0.39 is 8.32 Å². The molecular weight excluding hydrogens is 188 g/mol. The van der Waals surface area contributed by atoms with Gasteiger partial charge in [0.1, 0.15) is 0 Å². The molecule has 1 aliphatic rings. The third-order valence-corrected chi connectivity index (χ3v) is 7.80. The first-order valence-corrected chi connectivity index (χ1v) is 9.15. The van der Waals surface area contributed by atoms with Gasteiger partial charge in [0.25, 0.3) is 0 Å². The van der Waals surface area contributed by atoms with Crippen LogP contribution in [0.1, 0.15) is 45.4 Å². The van der Waals surface area contributed by atoms with Crippen molar-refractivity contribution in [3.63, 3.8) is 0 Å². The Kier molecular flexibility index (Phi) is 4.65. The van der Waals surface area contributed by atoms with Crippen LogP contribution in [0.25, 0.3) is 0 Å². The molecule has 1 fully saturated rings.